The maximum atomic E-state index is 12.8. The van der Waals surface area contributed by atoms with Crippen molar-refractivity contribution in [2.75, 3.05) is 36.9 Å². The molecule has 0 aliphatic carbocycles. The Morgan fingerprint density at radius 1 is 1.00 bits per heavy atom. The van der Waals surface area contributed by atoms with E-state index in [1.807, 2.05) is 18.2 Å². The number of halogens is 1. The summed E-state index contributed by atoms with van der Waals surface area (Å²) in [7, 11) is -3.55. The first-order valence-electron chi connectivity index (χ1n) is 10.1. The van der Waals surface area contributed by atoms with Crippen LogP contribution in [0.5, 0.6) is 0 Å². The van der Waals surface area contributed by atoms with Gasteiger partial charge in [0.25, 0.3) is 0 Å². The zero-order valence-corrected chi connectivity index (χ0v) is 19.6. The second kappa shape index (κ2) is 9.20. The van der Waals surface area contributed by atoms with Gasteiger partial charge in [0.05, 0.1) is 28.8 Å². The molecule has 170 valence electrons. The van der Waals surface area contributed by atoms with Gasteiger partial charge in [-0.25, -0.2) is 23.4 Å². The van der Waals surface area contributed by atoms with E-state index in [2.05, 4.69) is 25.6 Å². The Hall–Kier alpha value is -2.83. The molecular weight excluding hydrogens is 484 g/mol. The van der Waals surface area contributed by atoms with Crippen molar-refractivity contribution in [1.29, 1.82) is 0 Å². The summed E-state index contributed by atoms with van der Waals surface area (Å²) in [5.74, 6) is 0.521. The van der Waals surface area contributed by atoms with Crippen LogP contribution in [-0.2, 0) is 14.8 Å². The summed E-state index contributed by atoms with van der Waals surface area (Å²) >= 11 is 7.61. The molecule has 1 aliphatic heterocycles. The van der Waals surface area contributed by atoms with E-state index in [1.54, 1.807) is 30.3 Å². The third-order valence-electron chi connectivity index (χ3n) is 5.04. The van der Waals surface area contributed by atoms with E-state index in [4.69, 9.17) is 16.3 Å². The van der Waals surface area contributed by atoms with Gasteiger partial charge in [0.1, 0.15) is 11.8 Å². The van der Waals surface area contributed by atoms with Crippen molar-refractivity contribution in [1.82, 2.24) is 19.3 Å². The fraction of sp³-hybridized carbons (Fsp3) is 0.190. The molecule has 0 saturated carbocycles. The molecule has 0 amide bonds. The number of hydrogen-bond acceptors (Lipinski definition) is 9. The van der Waals surface area contributed by atoms with Crippen LogP contribution in [0.1, 0.15) is 0 Å². The quantitative estimate of drug-likeness (QED) is 0.403. The molecule has 2 aromatic heterocycles. The molecule has 5 rings (SSSR count). The van der Waals surface area contributed by atoms with Gasteiger partial charge in [-0.2, -0.15) is 4.31 Å². The van der Waals surface area contributed by atoms with Crippen LogP contribution in [0.15, 0.2) is 59.8 Å². The Morgan fingerprint density at radius 2 is 1.76 bits per heavy atom. The minimum atomic E-state index is -3.55. The third kappa shape index (κ3) is 4.63. The van der Waals surface area contributed by atoms with E-state index in [1.165, 1.54) is 22.0 Å². The van der Waals surface area contributed by atoms with Crippen molar-refractivity contribution in [2.45, 2.75) is 4.90 Å². The summed E-state index contributed by atoms with van der Waals surface area (Å²) in [6.45, 7) is 1.53. The summed E-state index contributed by atoms with van der Waals surface area (Å²) in [5.41, 5.74) is 2.03. The Labute approximate surface area is 199 Å². The van der Waals surface area contributed by atoms with Gasteiger partial charge in [0, 0.05) is 18.8 Å². The molecule has 12 heteroatoms. The molecule has 0 radical (unpaired) electrons. The normalized spacial score (nSPS) is 14.9. The monoisotopic (exact) mass is 502 g/mol. The smallest absolute Gasteiger partial charge is 0.243 e. The lowest BCUT2D eigenvalue weighted by Gasteiger charge is -2.26. The number of aromatic nitrogens is 3. The molecule has 0 atom stereocenters. The van der Waals surface area contributed by atoms with Gasteiger partial charge >= 0.3 is 0 Å². The summed E-state index contributed by atoms with van der Waals surface area (Å²) in [6, 6.07) is 14.0. The molecule has 2 N–H and O–H groups in total. The SMILES string of the molecule is O=S(=O)(c1ccc(Nc2ncnc3sc(Nc4ccccc4Cl)nc23)cc1)N1CCOCC1. The summed E-state index contributed by atoms with van der Waals surface area (Å²) < 4.78 is 32.3. The number of nitrogens with one attached hydrogen (secondary N) is 2. The summed E-state index contributed by atoms with van der Waals surface area (Å²) in [4.78, 5) is 14.2. The number of thiazole rings is 1. The highest BCUT2D eigenvalue weighted by molar-refractivity contribution is 7.89. The van der Waals surface area contributed by atoms with Crippen LogP contribution in [0.25, 0.3) is 10.3 Å². The molecule has 2 aromatic carbocycles. The predicted molar refractivity (Wildman–Crippen MR) is 129 cm³/mol. The van der Waals surface area contributed by atoms with Gasteiger partial charge in [-0.15, -0.1) is 0 Å². The lowest BCUT2D eigenvalue weighted by Crippen LogP contribution is -2.40. The predicted octanol–water partition coefficient (Wildman–Crippen LogP) is 4.25. The molecule has 0 spiro atoms. The Balaban J connectivity index is 1.37. The topological polar surface area (TPSA) is 109 Å². The first-order valence-corrected chi connectivity index (χ1v) is 12.7. The molecule has 1 saturated heterocycles. The lowest BCUT2D eigenvalue weighted by atomic mass is 10.3. The number of anilines is 4. The zero-order chi connectivity index (χ0) is 22.8. The first kappa shape index (κ1) is 22.0. The van der Waals surface area contributed by atoms with Gasteiger partial charge in [-0.1, -0.05) is 35.1 Å². The van der Waals surface area contributed by atoms with Gasteiger partial charge in [-0.3, -0.25) is 0 Å². The van der Waals surface area contributed by atoms with Gasteiger partial charge < -0.3 is 15.4 Å². The van der Waals surface area contributed by atoms with E-state index >= 15 is 0 Å². The molecule has 3 heterocycles. The van der Waals surface area contributed by atoms with Crippen molar-refractivity contribution < 1.29 is 13.2 Å². The van der Waals surface area contributed by atoms with Crippen LogP contribution < -0.4 is 10.6 Å². The number of rotatable bonds is 6. The number of morpholine rings is 1. The van der Waals surface area contributed by atoms with E-state index < -0.39 is 10.0 Å². The number of nitrogens with zero attached hydrogens (tertiary/aromatic N) is 4. The molecule has 0 bridgehead atoms. The number of fused-ring (bicyclic) bond motifs is 1. The standard InChI is InChI=1S/C21H19ClN6O3S2/c22-16-3-1-2-4-17(16)26-21-27-18-19(23-13-24-20(18)32-21)25-14-5-7-15(8-6-14)33(29,30)28-9-11-31-12-10-28/h1-8,13H,9-12H2,(H,26,27)(H,23,24,25). The van der Waals surface area contributed by atoms with Crippen molar-refractivity contribution >= 4 is 65.6 Å². The van der Waals surface area contributed by atoms with Crippen LogP contribution >= 0.6 is 22.9 Å². The highest BCUT2D eigenvalue weighted by Gasteiger charge is 2.26. The van der Waals surface area contributed by atoms with E-state index in [0.717, 1.165) is 5.69 Å². The van der Waals surface area contributed by atoms with Crippen LogP contribution in [0.3, 0.4) is 0 Å². The van der Waals surface area contributed by atoms with Crippen LogP contribution in [0, 0.1) is 0 Å². The number of benzene rings is 2. The third-order valence-corrected chi connectivity index (χ3v) is 8.16. The van der Waals surface area contributed by atoms with Crippen molar-refractivity contribution in [2.24, 2.45) is 0 Å². The second-order valence-corrected chi connectivity index (χ2v) is 10.5. The van der Waals surface area contributed by atoms with E-state index in [9.17, 15) is 8.42 Å². The van der Waals surface area contributed by atoms with Gasteiger partial charge in [0.15, 0.2) is 15.8 Å². The minimum Gasteiger partial charge on any atom is -0.379 e. The highest BCUT2D eigenvalue weighted by atomic mass is 35.5. The molecule has 9 nitrogen and oxygen atoms in total. The number of ether oxygens (including phenoxy) is 1. The fourth-order valence-corrected chi connectivity index (χ4v) is 5.77. The average molecular weight is 503 g/mol. The summed E-state index contributed by atoms with van der Waals surface area (Å²) in [6.07, 6.45) is 1.46. The minimum absolute atomic E-state index is 0.239. The van der Waals surface area contributed by atoms with E-state index in [0.29, 0.717) is 58.3 Å². The van der Waals surface area contributed by atoms with E-state index in [-0.39, 0.29) is 4.90 Å². The maximum Gasteiger partial charge on any atom is 0.243 e. The van der Waals surface area contributed by atoms with Crippen LogP contribution in [0.4, 0.5) is 22.3 Å². The van der Waals surface area contributed by atoms with Gasteiger partial charge in [-0.05, 0) is 36.4 Å². The number of hydrogen-bond donors (Lipinski definition) is 2. The molecular formula is C21H19ClN6O3S2. The number of para-hydroxylation sites is 1. The Bertz CT molecular complexity index is 1390. The molecule has 1 aliphatic rings. The van der Waals surface area contributed by atoms with Crippen LogP contribution in [-0.4, -0.2) is 54.0 Å². The van der Waals surface area contributed by atoms with Crippen molar-refractivity contribution in [3.8, 4) is 0 Å². The fourth-order valence-electron chi connectivity index (χ4n) is 3.36. The molecule has 0 unspecified atom stereocenters. The van der Waals surface area contributed by atoms with Gasteiger partial charge in [0.2, 0.25) is 10.0 Å². The largest absolute Gasteiger partial charge is 0.379 e. The first-order chi connectivity index (χ1) is 16.0. The van der Waals surface area contributed by atoms with Crippen molar-refractivity contribution in [3.05, 3.63) is 59.9 Å². The lowest BCUT2D eigenvalue weighted by molar-refractivity contribution is 0.0730. The Kier molecular flexibility index (Phi) is 6.13. The average Bonchev–Trinajstić information content (AvgIpc) is 3.25. The molecule has 1 fully saturated rings. The maximum absolute atomic E-state index is 12.8. The van der Waals surface area contributed by atoms with Crippen LogP contribution in [0.2, 0.25) is 5.02 Å². The highest BCUT2D eigenvalue weighted by Crippen LogP contribution is 2.33. The second-order valence-electron chi connectivity index (χ2n) is 7.17. The molecule has 4 aromatic rings. The zero-order valence-electron chi connectivity index (χ0n) is 17.2. The number of sulfonamides is 1. The molecule has 33 heavy (non-hydrogen) atoms. The Morgan fingerprint density at radius 3 is 2.52 bits per heavy atom. The summed E-state index contributed by atoms with van der Waals surface area (Å²) in [5, 5.41) is 7.64. The van der Waals surface area contributed by atoms with Crippen molar-refractivity contribution in [3.63, 3.8) is 0 Å².